The maximum atomic E-state index is 12.2. The highest BCUT2D eigenvalue weighted by atomic mass is 16.6. The molecule has 0 atom stereocenters. The van der Waals surface area contributed by atoms with Crippen molar-refractivity contribution in [3.63, 3.8) is 0 Å². The van der Waals surface area contributed by atoms with Crippen molar-refractivity contribution in [2.75, 3.05) is 13.1 Å². The van der Waals surface area contributed by atoms with Crippen LogP contribution in [0, 0.1) is 6.92 Å². The molecule has 1 aliphatic heterocycles. The molecule has 28 heavy (non-hydrogen) atoms. The zero-order valence-corrected chi connectivity index (χ0v) is 18.1. The molecule has 1 saturated heterocycles. The van der Waals surface area contributed by atoms with E-state index in [-0.39, 0.29) is 23.2 Å². The molecule has 2 rings (SSSR count). The number of amides is 1. The van der Waals surface area contributed by atoms with Crippen molar-refractivity contribution < 1.29 is 24.2 Å². The van der Waals surface area contributed by atoms with Gasteiger partial charge in [0.15, 0.2) is 0 Å². The second kappa shape index (κ2) is 8.02. The predicted octanol–water partition coefficient (Wildman–Crippen LogP) is 4.77. The molecule has 1 fully saturated rings. The highest BCUT2D eigenvalue weighted by molar-refractivity contribution is 5.91. The van der Waals surface area contributed by atoms with E-state index in [0.29, 0.717) is 31.7 Å². The molecule has 1 N–H and O–H groups in total. The zero-order valence-electron chi connectivity index (χ0n) is 18.1. The van der Waals surface area contributed by atoms with Crippen LogP contribution < -0.4 is 4.74 Å². The van der Waals surface area contributed by atoms with Crippen molar-refractivity contribution in [1.29, 1.82) is 0 Å². The Morgan fingerprint density at radius 2 is 1.64 bits per heavy atom. The van der Waals surface area contributed by atoms with Crippen LogP contribution in [-0.2, 0) is 10.2 Å². The van der Waals surface area contributed by atoms with Crippen molar-refractivity contribution in [2.45, 2.75) is 78.4 Å². The lowest BCUT2D eigenvalue weighted by atomic mass is 9.83. The Hall–Kier alpha value is -2.24. The lowest BCUT2D eigenvalue weighted by Gasteiger charge is -2.34. The third kappa shape index (κ3) is 5.40. The fourth-order valence-electron chi connectivity index (χ4n) is 3.47. The number of nitrogens with zero attached hydrogens (tertiary/aromatic N) is 1. The van der Waals surface area contributed by atoms with Crippen LogP contribution >= 0.6 is 0 Å². The summed E-state index contributed by atoms with van der Waals surface area (Å²) in [5.41, 5.74) is 1.48. The van der Waals surface area contributed by atoms with E-state index >= 15 is 0 Å². The Balaban J connectivity index is 2.14. The van der Waals surface area contributed by atoms with Crippen molar-refractivity contribution in [3.8, 4) is 5.75 Å². The monoisotopic (exact) mass is 391 g/mol. The topological polar surface area (TPSA) is 76.1 Å². The van der Waals surface area contributed by atoms with Gasteiger partial charge in [-0.2, -0.15) is 0 Å². The Morgan fingerprint density at radius 1 is 1.07 bits per heavy atom. The number of likely N-dealkylation sites (tertiary alicyclic amines) is 1. The number of carboxylic acid groups (broad SMARTS) is 1. The first-order valence-corrected chi connectivity index (χ1v) is 9.81. The molecule has 156 valence electrons. The molecular formula is C22H33NO5. The second-order valence-electron chi connectivity index (χ2n) is 9.45. The molecule has 1 amide bonds. The third-order valence-electron chi connectivity index (χ3n) is 4.82. The predicted molar refractivity (Wildman–Crippen MR) is 108 cm³/mol. The number of ether oxygens (including phenoxy) is 2. The molecule has 0 radical (unpaired) electrons. The fourth-order valence-corrected chi connectivity index (χ4v) is 3.47. The van der Waals surface area contributed by atoms with E-state index in [1.165, 1.54) is 0 Å². The van der Waals surface area contributed by atoms with Gasteiger partial charge in [0.25, 0.3) is 0 Å². The van der Waals surface area contributed by atoms with Crippen LogP contribution in [0.5, 0.6) is 5.75 Å². The summed E-state index contributed by atoms with van der Waals surface area (Å²) in [4.78, 5) is 25.6. The van der Waals surface area contributed by atoms with Gasteiger partial charge in [-0.15, -0.1) is 0 Å². The maximum absolute atomic E-state index is 12.2. The first-order valence-electron chi connectivity index (χ1n) is 9.81. The molecular weight excluding hydrogens is 358 g/mol. The maximum Gasteiger partial charge on any atom is 0.410 e. The molecule has 0 bridgehead atoms. The molecule has 0 spiro atoms. The third-order valence-corrected chi connectivity index (χ3v) is 4.82. The number of piperidine rings is 1. The highest BCUT2D eigenvalue weighted by Gasteiger charge is 2.30. The van der Waals surface area contributed by atoms with Gasteiger partial charge in [-0.1, -0.05) is 26.8 Å². The first-order chi connectivity index (χ1) is 12.8. The molecule has 1 aromatic carbocycles. The van der Waals surface area contributed by atoms with Crippen LogP contribution in [0.25, 0.3) is 0 Å². The van der Waals surface area contributed by atoms with Gasteiger partial charge in [0, 0.05) is 25.9 Å². The van der Waals surface area contributed by atoms with E-state index in [1.807, 2.05) is 33.8 Å². The van der Waals surface area contributed by atoms with E-state index in [1.54, 1.807) is 11.0 Å². The van der Waals surface area contributed by atoms with Gasteiger partial charge < -0.3 is 19.5 Å². The van der Waals surface area contributed by atoms with Crippen LogP contribution in [0.4, 0.5) is 4.79 Å². The number of aromatic carboxylic acids is 1. The molecule has 6 nitrogen and oxygen atoms in total. The summed E-state index contributed by atoms with van der Waals surface area (Å²) in [5, 5.41) is 9.59. The minimum absolute atomic E-state index is 0.112. The fraction of sp³-hybridized carbons (Fsp3) is 0.636. The number of hydrogen-bond donors (Lipinski definition) is 1. The molecule has 1 aliphatic rings. The van der Waals surface area contributed by atoms with E-state index in [0.717, 1.165) is 11.1 Å². The lowest BCUT2D eigenvalue weighted by molar-refractivity contribution is 0.0125. The van der Waals surface area contributed by atoms with Crippen LogP contribution in [0.15, 0.2) is 12.1 Å². The SMILES string of the molecule is Cc1c(C(C)(C)C)ccc(C(=O)O)c1OC1CCN(C(=O)OC(C)(C)C)CC1. The number of carboxylic acids is 1. The number of rotatable bonds is 3. The minimum Gasteiger partial charge on any atom is -0.489 e. The highest BCUT2D eigenvalue weighted by Crippen LogP contribution is 2.35. The molecule has 6 heteroatoms. The quantitative estimate of drug-likeness (QED) is 0.803. The molecule has 0 saturated carbocycles. The van der Waals surface area contributed by atoms with Crippen LogP contribution in [0.3, 0.4) is 0 Å². The number of carbonyl (C=O) groups excluding carboxylic acids is 1. The smallest absolute Gasteiger partial charge is 0.410 e. The van der Waals surface area contributed by atoms with Gasteiger partial charge in [0.05, 0.1) is 0 Å². The van der Waals surface area contributed by atoms with E-state index < -0.39 is 11.6 Å². The Morgan fingerprint density at radius 3 is 2.11 bits per heavy atom. The molecule has 1 aromatic rings. The number of hydrogen-bond acceptors (Lipinski definition) is 4. The van der Waals surface area contributed by atoms with E-state index in [9.17, 15) is 14.7 Å². The van der Waals surface area contributed by atoms with Gasteiger partial charge in [-0.25, -0.2) is 9.59 Å². The van der Waals surface area contributed by atoms with Crippen molar-refractivity contribution in [1.82, 2.24) is 4.90 Å². The Labute approximate surface area is 167 Å². The average molecular weight is 392 g/mol. The summed E-state index contributed by atoms with van der Waals surface area (Å²) in [6.45, 7) is 14.8. The van der Waals surface area contributed by atoms with Gasteiger partial charge in [-0.05, 0) is 50.3 Å². The van der Waals surface area contributed by atoms with E-state index in [4.69, 9.17) is 9.47 Å². The Bertz CT molecular complexity index is 735. The lowest BCUT2D eigenvalue weighted by Crippen LogP contribution is -2.44. The van der Waals surface area contributed by atoms with Gasteiger partial charge in [0.1, 0.15) is 23.0 Å². The summed E-state index contributed by atoms with van der Waals surface area (Å²) >= 11 is 0. The van der Waals surface area contributed by atoms with E-state index in [2.05, 4.69) is 20.8 Å². The van der Waals surface area contributed by atoms with Gasteiger partial charge >= 0.3 is 12.1 Å². The average Bonchev–Trinajstić information content (AvgIpc) is 2.54. The van der Waals surface area contributed by atoms with Crippen molar-refractivity contribution in [2.24, 2.45) is 0 Å². The second-order valence-corrected chi connectivity index (χ2v) is 9.45. The molecule has 0 aromatic heterocycles. The largest absolute Gasteiger partial charge is 0.489 e. The zero-order chi connectivity index (χ0) is 21.3. The number of carbonyl (C=O) groups is 2. The molecule has 0 unspecified atom stereocenters. The van der Waals surface area contributed by atoms with Crippen molar-refractivity contribution in [3.05, 3.63) is 28.8 Å². The Kier molecular flexibility index (Phi) is 6.31. The summed E-state index contributed by atoms with van der Waals surface area (Å²) in [6.07, 6.45) is 0.823. The summed E-state index contributed by atoms with van der Waals surface area (Å²) in [7, 11) is 0. The first kappa shape index (κ1) is 22.1. The minimum atomic E-state index is -0.996. The molecule has 0 aliphatic carbocycles. The number of benzene rings is 1. The molecule has 1 heterocycles. The van der Waals surface area contributed by atoms with Gasteiger partial charge in [-0.3, -0.25) is 0 Å². The van der Waals surface area contributed by atoms with Crippen LogP contribution in [0.2, 0.25) is 0 Å². The standard InChI is InChI=1S/C22H33NO5/c1-14-17(21(2,3)4)9-8-16(19(24)25)18(14)27-15-10-12-23(13-11-15)20(26)28-22(5,6)7/h8-9,15H,10-13H2,1-7H3,(H,24,25). The van der Waals surface area contributed by atoms with Crippen LogP contribution in [-0.4, -0.2) is 46.9 Å². The van der Waals surface area contributed by atoms with Gasteiger partial charge in [0.2, 0.25) is 0 Å². The summed E-state index contributed by atoms with van der Waals surface area (Å²) in [6, 6.07) is 3.50. The van der Waals surface area contributed by atoms with Crippen LogP contribution in [0.1, 0.15) is 75.9 Å². The van der Waals surface area contributed by atoms with Crippen molar-refractivity contribution >= 4 is 12.1 Å². The summed E-state index contributed by atoms with van der Waals surface area (Å²) < 4.78 is 11.6. The summed E-state index contributed by atoms with van der Waals surface area (Å²) in [5.74, 6) is -0.555. The normalized spacial score (nSPS) is 16.0.